The van der Waals surface area contributed by atoms with E-state index in [1.54, 1.807) is 9.80 Å². The molecular weight excluding hydrogens is 480 g/mol. The normalized spacial score (nSPS) is 22.3. The molecule has 4 atom stereocenters. The van der Waals surface area contributed by atoms with Gasteiger partial charge in [0.2, 0.25) is 23.6 Å². The minimum Gasteiger partial charge on any atom is -0.343 e. The average Bonchev–Trinajstić information content (AvgIpc) is 3.35. The van der Waals surface area contributed by atoms with Gasteiger partial charge in [0.1, 0.15) is 12.1 Å². The van der Waals surface area contributed by atoms with Gasteiger partial charge in [0, 0.05) is 32.0 Å². The number of amides is 4. The van der Waals surface area contributed by atoms with Crippen LogP contribution in [0.5, 0.6) is 0 Å². The van der Waals surface area contributed by atoms with Gasteiger partial charge in [-0.1, -0.05) is 74.5 Å². The van der Waals surface area contributed by atoms with Crippen molar-refractivity contribution in [3.05, 3.63) is 71.8 Å². The molecule has 0 bridgehead atoms. The molecule has 4 amide bonds. The number of nitrogens with one attached hydrogen (secondary N) is 2. The Hall–Kier alpha value is -3.68. The van der Waals surface area contributed by atoms with E-state index in [9.17, 15) is 19.2 Å². The molecule has 2 aromatic carbocycles. The lowest BCUT2D eigenvalue weighted by Crippen LogP contribution is -2.61. The lowest BCUT2D eigenvalue weighted by molar-refractivity contribution is -0.147. The van der Waals surface area contributed by atoms with E-state index < -0.39 is 12.1 Å². The monoisotopic (exact) mass is 518 g/mol. The maximum atomic E-state index is 13.9. The SMILES string of the molecule is CC[C@@H](C)C(=O)N[C@H]1CN(C(C)=O)CC[C@H]2CC[C@@H](C(=O)NC(c3ccccc3)c3ccccc3)N2C1=O. The number of carbonyl (C=O) groups excluding carboxylic acids is 4. The lowest BCUT2D eigenvalue weighted by atomic mass is 9.98. The second kappa shape index (κ2) is 12.2. The number of benzene rings is 2. The van der Waals surface area contributed by atoms with Crippen LogP contribution in [0, 0.1) is 5.92 Å². The Bertz CT molecular complexity index is 1100. The second-order valence-corrected chi connectivity index (χ2v) is 10.4. The summed E-state index contributed by atoms with van der Waals surface area (Å²) in [5, 5.41) is 6.09. The fourth-order valence-corrected chi connectivity index (χ4v) is 5.41. The van der Waals surface area contributed by atoms with Crippen molar-refractivity contribution >= 4 is 23.6 Å². The highest BCUT2D eigenvalue weighted by Gasteiger charge is 2.45. The summed E-state index contributed by atoms with van der Waals surface area (Å²) in [6.45, 7) is 5.79. The van der Waals surface area contributed by atoms with Gasteiger partial charge in [0.05, 0.1) is 6.04 Å². The van der Waals surface area contributed by atoms with Crippen LogP contribution < -0.4 is 10.6 Å². The number of carbonyl (C=O) groups is 4. The topological polar surface area (TPSA) is 98.8 Å². The van der Waals surface area contributed by atoms with Crippen LogP contribution in [0.25, 0.3) is 0 Å². The maximum absolute atomic E-state index is 13.9. The van der Waals surface area contributed by atoms with Crippen molar-refractivity contribution in [1.29, 1.82) is 0 Å². The van der Waals surface area contributed by atoms with E-state index >= 15 is 0 Å². The fourth-order valence-electron chi connectivity index (χ4n) is 5.41. The van der Waals surface area contributed by atoms with Gasteiger partial charge in [-0.2, -0.15) is 0 Å². The minimum absolute atomic E-state index is 0.102. The molecule has 38 heavy (non-hydrogen) atoms. The highest BCUT2D eigenvalue weighted by atomic mass is 16.2. The van der Waals surface area contributed by atoms with Crippen molar-refractivity contribution < 1.29 is 19.2 Å². The molecule has 8 heteroatoms. The van der Waals surface area contributed by atoms with Gasteiger partial charge in [-0.05, 0) is 36.8 Å². The van der Waals surface area contributed by atoms with E-state index in [1.165, 1.54) is 6.92 Å². The van der Waals surface area contributed by atoms with E-state index in [1.807, 2.05) is 74.5 Å². The van der Waals surface area contributed by atoms with Crippen LogP contribution in [-0.4, -0.2) is 64.6 Å². The first kappa shape index (κ1) is 27.4. The van der Waals surface area contributed by atoms with E-state index in [2.05, 4.69) is 10.6 Å². The smallest absolute Gasteiger partial charge is 0.247 e. The molecule has 2 fully saturated rings. The van der Waals surface area contributed by atoms with Crippen molar-refractivity contribution in [1.82, 2.24) is 20.4 Å². The Morgan fingerprint density at radius 3 is 2.11 bits per heavy atom. The van der Waals surface area contributed by atoms with Crippen LogP contribution in [-0.2, 0) is 19.2 Å². The third-order valence-corrected chi connectivity index (χ3v) is 7.87. The molecule has 0 unspecified atom stereocenters. The van der Waals surface area contributed by atoms with Crippen molar-refractivity contribution in [3.8, 4) is 0 Å². The first-order valence-corrected chi connectivity index (χ1v) is 13.6. The Labute approximate surface area is 224 Å². The first-order valence-electron chi connectivity index (χ1n) is 13.6. The molecule has 2 heterocycles. The summed E-state index contributed by atoms with van der Waals surface area (Å²) in [6.07, 6.45) is 2.44. The molecule has 2 N–H and O–H groups in total. The quantitative estimate of drug-likeness (QED) is 0.589. The van der Waals surface area contributed by atoms with Crippen molar-refractivity contribution in [2.24, 2.45) is 5.92 Å². The number of rotatable bonds is 7. The fraction of sp³-hybridized carbons (Fsp3) is 0.467. The predicted molar refractivity (Wildman–Crippen MR) is 145 cm³/mol. The predicted octanol–water partition coefficient (Wildman–Crippen LogP) is 3.03. The lowest BCUT2D eigenvalue weighted by Gasteiger charge is -2.39. The van der Waals surface area contributed by atoms with Gasteiger partial charge >= 0.3 is 0 Å². The number of hydrogen-bond acceptors (Lipinski definition) is 4. The molecule has 0 radical (unpaired) electrons. The van der Waals surface area contributed by atoms with Crippen LogP contribution in [0.4, 0.5) is 0 Å². The van der Waals surface area contributed by atoms with Gasteiger partial charge in [-0.3, -0.25) is 19.2 Å². The zero-order valence-corrected chi connectivity index (χ0v) is 22.4. The standard InChI is InChI=1S/C30H38N4O4/c1-4-20(2)28(36)31-25-19-33(21(3)35)18-17-24-15-16-26(34(24)30(25)38)29(37)32-27(22-11-7-5-8-12-22)23-13-9-6-10-14-23/h5-14,20,24-27H,4,15-19H2,1-3H3,(H,31,36)(H,32,37)/t20-,24-,25+,26+/m1/s1. The van der Waals surface area contributed by atoms with E-state index in [0.29, 0.717) is 32.2 Å². The molecule has 2 aliphatic rings. The van der Waals surface area contributed by atoms with Gasteiger partial charge in [0.15, 0.2) is 0 Å². The van der Waals surface area contributed by atoms with Crippen molar-refractivity contribution in [3.63, 3.8) is 0 Å². The van der Waals surface area contributed by atoms with Gasteiger partial charge in [0.25, 0.3) is 0 Å². The van der Waals surface area contributed by atoms with Crippen LogP contribution in [0.2, 0.25) is 0 Å². The molecule has 0 aromatic heterocycles. The highest BCUT2D eigenvalue weighted by Crippen LogP contribution is 2.31. The molecule has 2 saturated heterocycles. The summed E-state index contributed by atoms with van der Waals surface area (Å²) in [5.74, 6) is -1.12. The highest BCUT2D eigenvalue weighted by molar-refractivity contribution is 5.94. The Morgan fingerprint density at radius 1 is 0.947 bits per heavy atom. The summed E-state index contributed by atoms with van der Waals surface area (Å²) in [4.78, 5) is 56.1. The van der Waals surface area contributed by atoms with E-state index in [4.69, 9.17) is 0 Å². The molecule has 0 aliphatic carbocycles. The molecule has 2 aliphatic heterocycles. The molecule has 202 valence electrons. The molecule has 0 saturated carbocycles. The van der Waals surface area contributed by atoms with Crippen LogP contribution in [0.1, 0.15) is 63.6 Å². The zero-order chi connectivity index (χ0) is 27.2. The van der Waals surface area contributed by atoms with Crippen LogP contribution in [0.15, 0.2) is 60.7 Å². The number of fused-ring (bicyclic) bond motifs is 1. The summed E-state index contributed by atoms with van der Waals surface area (Å²) < 4.78 is 0. The second-order valence-electron chi connectivity index (χ2n) is 10.4. The molecular formula is C30H38N4O4. The molecule has 8 nitrogen and oxygen atoms in total. The average molecular weight is 519 g/mol. The van der Waals surface area contributed by atoms with Gasteiger partial charge < -0.3 is 20.4 Å². The number of nitrogens with zero attached hydrogens (tertiary/aromatic N) is 2. The summed E-state index contributed by atoms with van der Waals surface area (Å²) >= 11 is 0. The summed E-state index contributed by atoms with van der Waals surface area (Å²) in [7, 11) is 0. The van der Waals surface area contributed by atoms with E-state index in [-0.39, 0.29) is 48.2 Å². The third-order valence-electron chi connectivity index (χ3n) is 7.87. The largest absolute Gasteiger partial charge is 0.343 e. The minimum atomic E-state index is -0.893. The Morgan fingerprint density at radius 2 is 1.55 bits per heavy atom. The Balaban J connectivity index is 1.60. The molecule has 2 aromatic rings. The number of hydrogen-bond donors (Lipinski definition) is 2. The third kappa shape index (κ3) is 6.06. The van der Waals surface area contributed by atoms with Crippen molar-refractivity contribution in [2.45, 2.75) is 70.6 Å². The van der Waals surface area contributed by atoms with E-state index in [0.717, 1.165) is 11.1 Å². The molecule has 4 rings (SSSR count). The van der Waals surface area contributed by atoms with Crippen LogP contribution in [0.3, 0.4) is 0 Å². The molecule has 0 spiro atoms. The van der Waals surface area contributed by atoms with Gasteiger partial charge in [-0.25, -0.2) is 0 Å². The zero-order valence-electron chi connectivity index (χ0n) is 22.4. The maximum Gasteiger partial charge on any atom is 0.247 e. The first-order chi connectivity index (χ1) is 18.3. The summed E-state index contributed by atoms with van der Waals surface area (Å²) in [5.41, 5.74) is 1.91. The summed E-state index contributed by atoms with van der Waals surface area (Å²) in [6, 6.07) is 17.5. The Kier molecular flexibility index (Phi) is 8.81. The van der Waals surface area contributed by atoms with Crippen LogP contribution >= 0.6 is 0 Å². The van der Waals surface area contributed by atoms with Crippen molar-refractivity contribution in [2.75, 3.05) is 13.1 Å². The van der Waals surface area contributed by atoms with Gasteiger partial charge in [-0.15, -0.1) is 0 Å².